The van der Waals surface area contributed by atoms with Crippen molar-refractivity contribution in [2.75, 3.05) is 13.2 Å². The number of hydrogen-bond donors (Lipinski definition) is 0. The minimum atomic E-state index is -4.30. The van der Waals surface area contributed by atoms with Crippen LogP contribution < -0.4 is 0 Å². The molecular formula is C9H9BrClF3OS. The van der Waals surface area contributed by atoms with Gasteiger partial charge in [0.2, 0.25) is 0 Å². The van der Waals surface area contributed by atoms with E-state index in [4.69, 9.17) is 11.6 Å². The van der Waals surface area contributed by atoms with Crippen molar-refractivity contribution in [3.8, 4) is 0 Å². The predicted molar refractivity (Wildman–Crippen MR) is 62.2 cm³/mol. The zero-order chi connectivity index (χ0) is 12.3. The number of rotatable bonds is 4. The maximum atomic E-state index is 11.8. The van der Waals surface area contributed by atoms with Crippen LogP contribution in [0.3, 0.4) is 0 Å². The van der Waals surface area contributed by atoms with Gasteiger partial charge in [0.05, 0.1) is 15.8 Å². The van der Waals surface area contributed by atoms with E-state index in [0.29, 0.717) is 0 Å². The van der Waals surface area contributed by atoms with Gasteiger partial charge in [0.25, 0.3) is 0 Å². The summed E-state index contributed by atoms with van der Waals surface area (Å²) in [4.78, 5) is 0.799. The van der Waals surface area contributed by atoms with Gasteiger partial charge >= 0.3 is 6.18 Å². The van der Waals surface area contributed by atoms with Crippen LogP contribution in [0.5, 0.6) is 0 Å². The van der Waals surface area contributed by atoms with Gasteiger partial charge in [0.1, 0.15) is 6.61 Å². The average Bonchev–Trinajstić information content (AvgIpc) is 2.45. The van der Waals surface area contributed by atoms with E-state index in [-0.39, 0.29) is 6.61 Å². The third-order valence-corrected chi connectivity index (χ3v) is 4.46. The SMILES string of the molecule is Cc1cc(C(Cl)COCC(F)(F)F)sc1Br. The van der Waals surface area contributed by atoms with Crippen LogP contribution in [0, 0.1) is 6.92 Å². The highest BCUT2D eigenvalue weighted by atomic mass is 79.9. The van der Waals surface area contributed by atoms with E-state index < -0.39 is 18.2 Å². The molecule has 1 rings (SSSR count). The molecule has 0 bridgehead atoms. The summed E-state index contributed by atoms with van der Waals surface area (Å²) >= 11 is 10.6. The first-order valence-corrected chi connectivity index (χ1v) is 6.38. The van der Waals surface area contributed by atoms with Crippen molar-refractivity contribution in [1.82, 2.24) is 0 Å². The monoisotopic (exact) mass is 336 g/mol. The van der Waals surface area contributed by atoms with Crippen molar-refractivity contribution in [2.24, 2.45) is 0 Å². The van der Waals surface area contributed by atoms with Crippen molar-refractivity contribution in [1.29, 1.82) is 0 Å². The minimum absolute atomic E-state index is 0.145. The second-order valence-electron chi connectivity index (χ2n) is 3.20. The van der Waals surface area contributed by atoms with Crippen LogP contribution in [0.25, 0.3) is 0 Å². The summed E-state index contributed by atoms with van der Waals surface area (Å²) in [7, 11) is 0. The number of hydrogen-bond acceptors (Lipinski definition) is 2. The Labute approximate surface area is 109 Å². The number of halogens is 5. The third kappa shape index (κ3) is 4.61. The van der Waals surface area contributed by atoms with Crippen molar-refractivity contribution in [3.63, 3.8) is 0 Å². The zero-order valence-corrected chi connectivity index (χ0v) is 11.4. The second-order valence-corrected chi connectivity index (χ2v) is 6.13. The maximum Gasteiger partial charge on any atom is 0.411 e. The van der Waals surface area contributed by atoms with E-state index in [1.807, 2.05) is 13.0 Å². The molecule has 1 heterocycles. The summed E-state index contributed by atoms with van der Waals surface area (Å²) in [5.74, 6) is 0. The number of ether oxygens (including phenoxy) is 1. The molecular weight excluding hydrogens is 329 g/mol. The molecule has 0 radical (unpaired) electrons. The summed E-state index contributed by atoms with van der Waals surface area (Å²) in [6.45, 7) is 0.486. The molecule has 1 atom stereocenters. The lowest BCUT2D eigenvalue weighted by Crippen LogP contribution is -2.18. The molecule has 7 heteroatoms. The summed E-state index contributed by atoms with van der Waals surface area (Å²) < 4.78 is 40.8. The van der Waals surface area contributed by atoms with Gasteiger partial charge in [0.15, 0.2) is 0 Å². The zero-order valence-electron chi connectivity index (χ0n) is 8.28. The summed E-state index contributed by atoms with van der Waals surface area (Å²) in [5.41, 5.74) is 1.02. The molecule has 1 nitrogen and oxygen atoms in total. The van der Waals surface area contributed by atoms with Gasteiger partial charge in [0, 0.05) is 4.88 Å². The Bertz CT molecular complexity index is 334. The van der Waals surface area contributed by atoms with Gasteiger partial charge in [-0.2, -0.15) is 13.2 Å². The van der Waals surface area contributed by atoms with Crippen molar-refractivity contribution in [3.05, 3.63) is 20.3 Å². The molecule has 0 amide bonds. The van der Waals surface area contributed by atoms with E-state index in [9.17, 15) is 13.2 Å². The summed E-state index contributed by atoms with van der Waals surface area (Å²) in [6, 6.07) is 1.84. The summed E-state index contributed by atoms with van der Waals surface area (Å²) in [5, 5.41) is -0.544. The molecule has 0 spiro atoms. The lowest BCUT2D eigenvalue weighted by Gasteiger charge is -2.10. The smallest absolute Gasteiger partial charge is 0.370 e. The predicted octanol–water partition coefficient (Wildman–Crippen LogP) is 4.68. The molecule has 16 heavy (non-hydrogen) atoms. The standard InChI is InChI=1S/C9H9BrClF3OS/c1-5-2-7(16-8(5)10)6(11)3-15-4-9(12,13)14/h2,6H,3-4H2,1H3. The second kappa shape index (κ2) is 5.71. The van der Waals surface area contributed by atoms with Crippen LogP contribution in [-0.4, -0.2) is 19.4 Å². The lowest BCUT2D eigenvalue weighted by molar-refractivity contribution is -0.173. The van der Waals surface area contributed by atoms with E-state index >= 15 is 0 Å². The fraction of sp³-hybridized carbons (Fsp3) is 0.556. The number of alkyl halides is 4. The Kier molecular flexibility index (Phi) is 5.10. The largest absolute Gasteiger partial charge is 0.411 e. The average molecular weight is 338 g/mol. The molecule has 0 N–H and O–H groups in total. The molecule has 0 fully saturated rings. The molecule has 0 aromatic carbocycles. The third-order valence-electron chi connectivity index (χ3n) is 1.71. The van der Waals surface area contributed by atoms with Crippen LogP contribution >= 0.6 is 38.9 Å². The van der Waals surface area contributed by atoms with E-state index in [0.717, 1.165) is 14.2 Å². The van der Waals surface area contributed by atoms with Gasteiger partial charge in [-0.15, -0.1) is 22.9 Å². The fourth-order valence-electron chi connectivity index (χ4n) is 0.998. The first-order chi connectivity index (χ1) is 7.29. The molecule has 0 aliphatic rings. The van der Waals surface area contributed by atoms with E-state index in [1.165, 1.54) is 11.3 Å². The number of thiophene rings is 1. The Morgan fingerprint density at radius 2 is 2.19 bits per heavy atom. The molecule has 0 saturated heterocycles. The fourth-order valence-corrected chi connectivity index (χ4v) is 2.82. The Hall–Kier alpha value is 0.220. The molecule has 92 valence electrons. The Morgan fingerprint density at radius 3 is 2.62 bits per heavy atom. The van der Waals surface area contributed by atoms with Crippen molar-refractivity contribution >= 4 is 38.9 Å². The van der Waals surface area contributed by atoms with Gasteiger partial charge < -0.3 is 4.74 Å². The van der Waals surface area contributed by atoms with Crippen LogP contribution in [-0.2, 0) is 4.74 Å². The highest BCUT2D eigenvalue weighted by molar-refractivity contribution is 9.11. The maximum absolute atomic E-state index is 11.8. The highest BCUT2D eigenvalue weighted by Crippen LogP contribution is 2.34. The molecule has 0 saturated carbocycles. The van der Waals surface area contributed by atoms with Gasteiger partial charge in [-0.05, 0) is 34.5 Å². The Balaban J connectivity index is 2.44. The van der Waals surface area contributed by atoms with Crippen LogP contribution in [0.15, 0.2) is 9.85 Å². The number of aryl methyl sites for hydroxylation is 1. The first-order valence-electron chi connectivity index (χ1n) is 4.34. The molecule has 1 aromatic rings. The van der Waals surface area contributed by atoms with Crippen LogP contribution in [0.4, 0.5) is 13.2 Å². The van der Waals surface area contributed by atoms with E-state index in [2.05, 4.69) is 20.7 Å². The van der Waals surface area contributed by atoms with Crippen molar-refractivity contribution < 1.29 is 17.9 Å². The van der Waals surface area contributed by atoms with Gasteiger partial charge in [-0.1, -0.05) is 0 Å². The summed E-state index contributed by atoms with van der Waals surface area (Å²) in [6.07, 6.45) is -4.30. The normalized spacial score (nSPS) is 14.1. The van der Waals surface area contributed by atoms with Crippen molar-refractivity contribution in [2.45, 2.75) is 18.5 Å². The highest BCUT2D eigenvalue weighted by Gasteiger charge is 2.28. The molecule has 0 aliphatic heterocycles. The first kappa shape index (κ1) is 14.3. The van der Waals surface area contributed by atoms with Crippen LogP contribution in [0.1, 0.15) is 15.8 Å². The van der Waals surface area contributed by atoms with Crippen LogP contribution in [0.2, 0.25) is 0 Å². The van der Waals surface area contributed by atoms with E-state index in [1.54, 1.807) is 0 Å². The topological polar surface area (TPSA) is 9.23 Å². The quantitative estimate of drug-likeness (QED) is 0.725. The lowest BCUT2D eigenvalue weighted by atomic mass is 10.3. The van der Waals surface area contributed by atoms with Gasteiger partial charge in [-0.25, -0.2) is 0 Å². The van der Waals surface area contributed by atoms with Gasteiger partial charge in [-0.3, -0.25) is 0 Å². The molecule has 1 unspecified atom stereocenters. The minimum Gasteiger partial charge on any atom is -0.370 e. The molecule has 1 aromatic heterocycles. The molecule has 0 aliphatic carbocycles. The Morgan fingerprint density at radius 1 is 1.56 bits per heavy atom.